The molecular formula is C25H26ClFN4O3. The van der Waals surface area contributed by atoms with Crippen LogP contribution in [0.25, 0.3) is 0 Å². The molecule has 3 aromatic rings. The highest BCUT2D eigenvalue weighted by molar-refractivity contribution is 6.10. The van der Waals surface area contributed by atoms with Crippen LogP contribution in [0.3, 0.4) is 0 Å². The molecule has 0 aliphatic carbocycles. The van der Waals surface area contributed by atoms with Gasteiger partial charge < -0.3 is 20.3 Å². The predicted molar refractivity (Wildman–Crippen MR) is 132 cm³/mol. The van der Waals surface area contributed by atoms with Crippen molar-refractivity contribution in [2.45, 2.75) is 12.8 Å². The molecule has 2 amide bonds. The normalized spacial score (nSPS) is 13.5. The molecule has 0 unspecified atom stereocenters. The minimum Gasteiger partial charge on any atom is -0.497 e. The third-order valence-corrected chi connectivity index (χ3v) is 5.73. The maximum atomic E-state index is 13.9. The van der Waals surface area contributed by atoms with Gasteiger partial charge in [0.2, 0.25) is 5.91 Å². The minimum atomic E-state index is -0.557. The summed E-state index contributed by atoms with van der Waals surface area (Å²) < 4.78 is 19.0. The number of nitrogens with one attached hydrogen (secondary N) is 2. The van der Waals surface area contributed by atoms with E-state index in [4.69, 9.17) is 4.74 Å². The Morgan fingerprint density at radius 1 is 1.00 bits per heavy atom. The second kappa shape index (κ2) is 11.5. The fourth-order valence-corrected chi connectivity index (χ4v) is 3.88. The van der Waals surface area contributed by atoms with Crippen molar-refractivity contribution in [2.75, 3.05) is 35.7 Å². The van der Waals surface area contributed by atoms with Crippen molar-refractivity contribution in [1.82, 2.24) is 4.98 Å². The SMILES string of the molecule is COc1ccc(NC(=O)c2cc(F)ccc2NC(=O)C2CCN(c3ccncc3)CC2)cc1.Cl. The molecule has 2 N–H and O–H groups in total. The van der Waals surface area contributed by atoms with Gasteiger partial charge in [-0.2, -0.15) is 0 Å². The molecule has 7 nitrogen and oxygen atoms in total. The average molecular weight is 485 g/mol. The van der Waals surface area contributed by atoms with E-state index >= 15 is 0 Å². The highest BCUT2D eigenvalue weighted by Gasteiger charge is 2.26. The molecule has 1 aromatic heterocycles. The zero-order chi connectivity index (χ0) is 23.2. The molecular weight excluding hydrogens is 459 g/mol. The lowest BCUT2D eigenvalue weighted by molar-refractivity contribution is -0.120. The molecule has 0 bridgehead atoms. The maximum absolute atomic E-state index is 13.9. The molecule has 9 heteroatoms. The largest absolute Gasteiger partial charge is 0.497 e. The molecule has 1 aliphatic heterocycles. The first-order valence-electron chi connectivity index (χ1n) is 10.7. The van der Waals surface area contributed by atoms with Crippen molar-refractivity contribution in [3.63, 3.8) is 0 Å². The highest BCUT2D eigenvalue weighted by atomic mass is 35.5. The van der Waals surface area contributed by atoms with Crippen molar-refractivity contribution in [3.05, 3.63) is 78.4 Å². The number of ether oxygens (including phenoxy) is 1. The van der Waals surface area contributed by atoms with Gasteiger partial charge in [-0.3, -0.25) is 14.6 Å². The first-order chi connectivity index (χ1) is 16.0. The molecule has 1 saturated heterocycles. The van der Waals surface area contributed by atoms with Gasteiger partial charge in [0.25, 0.3) is 5.91 Å². The number of hydrogen-bond donors (Lipinski definition) is 2. The minimum absolute atomic E-state index is 0. The second-order valence-electron chi connectivity index (χ2n) is 7.83. The van der Waals surface area contributed by atoms with Crippen LogP contribution in [0.2, 0.25) is 0 Å². The summed E-state index contributed by atoms with van der Waals surface area (Å²) in [5.74, 6) is -0.775. The van der Waals surface area contributed by atoms with Crippen molar-refractivity contribution in [3.8, 4) is 5.75 Å². The zero-order valence-electron chi connectivity index (χ0n) is 18.7. The fraction of sp³-hybridized carbons (Fsp3) is 0.240. The van der Waals surface area contributed by atoms with E-state index in [-0.39, 0.29) is 35.5 Å². The molecule has 2 heterocycles. The average Bonchev–Trinajstić information content (AvgIpc) is 2.86. The topological polar surface area (TPSA) is 83.6 Å². The van der Waals surface area contributed by atoms with E-state index < -0.39 is 11.7 Å². The van der Waals surface area contributed by atoms with E-state index in [0.29, 0.717) is 24.3 Å². The van der Waals surface area contributed by atoms with E-state index in [1.807, 2.05) is 12.1 Å². The van der Waals surface area contributed by atoms with Crippen LogP contribution in [0.5, 0.6) is 5.75 Å². The van der Waals surface area contributed by atoms with Gasteiger partial charge in [-0.1, -0.05) is 0 Å². The number of piperidine rings is 1. The number of hydrogen-bond acceptors (Lipinski definition) is 5. The summed E-state index contributed by atoms with van der Waals surface area (Å²) in [5, 5.41) is 5.56. The molecule has 2 aromatic carbocycles. The molecule has 0 radical (unpaired) electrons. The maximum Gasteiger partial charge on any atom is 0.257 e. The lowest BCUT2D eigenvalue weighted by Crippen LogP contribution is -2.38. The van der Waals surface area contributed by atoms with Crippen LogP contribution < -0.4 is 20.3 Å². The van der Waals surface area contributed by atoms with E-state index in [0.717, 1.165) is 24.8 Å². The van der Waals surface area contributed by atoms with E-state index in [1.54, 1.807) is 43.8 Å². The van der Waals surface area contributed by atoms with Crippen LogP contribution >= 0.6 is 12.4 Å². The van der Waals surface area contributed by atoms with E-state index in [9.17, 15) is 14.0 Å². The molecule has 0 atom stereocenters. The number of halogens is 2. The number of methoxy groups -OCH3 is 1. The van der Waals surface area contributed by atoms with Crippen LogP contribution in [-0.4, -0.2) is 37.0 Å². The lowest BCUT2D eigenvalue weighted by Gasteiger charge is -2.33. The number of pyridine rings is 1. The van der Waals surface area contributed by atoms with E-state index in [2.05, 4.69) is 20.5 Å². The van der Waals surface area contributed by atoms with Crippen LogP contribution in [0.1, 0.15) is 23.2 Å². The lowest BCUT2D eigenvalue weighted by atomic mass is 9.95. The van der Waals surface area contributed by atoms with E-state index in [1.165, 1.54) is 12.1 Å². The van der Waals surface area contributed by atoms with Gasteiger partial charge in [0, 0.05) is 42.8 Å². The molecule has 178 valence electrons. The van der Waals surface area contributed by atoms with Gasteiger partial charge in [-0.25, -0.2) is 4.39 Å². The quantitative estimate of drug-likeness (QED) is 0.527. The summed E-state index contributed by atoms with van der Waals surface area (Å²) in [6, 6.07) is 14.5. The third-order valence-electron chi connectivity index (χ3n) is 5.73. The number of carbonyl (C=O) groups excluding carboxylic acids is 2. The number of benzene rings is 2. The Labute approximate surface area is 203 Å². The molecule has 1 aliphatic rings. The van der Waals surface area contributed by atoms with Crippen LogP contribution in [-0.2, 0) is 4.79 Å². The number of nitrogens with zero attached hydrogens (tertiary/aromatic N) is 2. The summed E-state index contributed by atoms with van der Waals surface area (Å²) in [5.41, 5.74) is 1.96. The molecule has 34 heavy (non-hydrogen) atoms. The third kappa shape index (κ3) is 6.02. The Morgan fingerprint density at radius 2 is 1.68 bits per heavy atom. The fourth-order valence-electron chi connectivity index (χ4n) is 3.88. The Kier molecular flexibility index (Phi) is 8.43. The standard InChI is InChI=1S/C25H25FN4O3.ClH/c1-33-21-5-3-19(4-6-21)28-25(32)22-16-18(26)2-7-23(22)29-24(31)17-10-14-30(15-11-17)20-8-12-27-13-9-20;/h2-9,12-13,16-17H,10-11,14-15H2,1H3,(H,28,32)(H,29,31);1H. The Hall–Kier alpha value is -3.65. The van der Waals surface area contributed by atoms with Gasteiger partial charge in [-0.15, -0.1) is 12.4 Å². The smallest absolute Gasteiger partial charge is 0.257 e. The van der Waals surface area contributed by atoms with Gasteiger partial charge in [0.1, 0.15) is 11.6 Å². The molecule has 0 saturated carbocycles. The summed E-state index contributed by atoms with van der Waals surface area (Å²) >= 11 is 0. The summed E-state index contributed by atoms with van der Waals surface area (Å²) in [6.07, 6.45) is 4.87. The van der Waals surface area contributed by atoms with Crippen molar-refractivity contribution in [1.29, 1.82) is 0 Å². The first-order valence-corrected chi connectivity index (χ1v) is 10.7. The van der Waals surface area contributed by atoms with Gasteiger partial charge in [-0.05, 0) is 67.4 Å². The molecule has 1 fully saturated rings. The highest BCUT2D eigenvalue weighted by Crippen LogP contribution is 2.26. The van der Waals surface area contributed by atoms with Crippen molar-refractivity contribution in [2.24, 2.45) is 5.92 Å². The van der Waals surface area contributed by atoms with Crippen LogP contribution in [0.15, 0.2) is 67.0 Å². The summed E-state index contributed by atoms with van der Waals surface area (Å²) in [6.45, 7) is 1.49. The molecule has 4 rings (SSSR count). The van der Waals surface area contributed by atoms with Gasteiger partial charge in [0.05, 0.1) is 18.4 Å². The Balaban J connectivity index is 0.00000324. The Morgan fingerprint density at radius 3 is 2.32 bits per heavy atom. The Bertz CT molecular complexity index is 1120. The number of aromatic nitrogens is 1. The van der Waals surface area contributed by atoms with Crippen LogP contribution in [0, 0.1) is 11.7 Å². The van der Waals surface area contributed by atoms with Gasteiger partial charge >= 0.3 is 0 Å². The monoisotopic (exact) mass is 484 g/mol. The number of amides is 2. The van der Waals surface area contributed by atoms with Crippen molar-refractivity contribution < 1.29 is 18.7 Å². The summed E-state index contributed by atoms with van der Waals surface area (Å²) in [7, 11) is 1.55. The number of anilines is 3. The predicted octanol–water partition coefficient (Wildman–Crippen LogP) is 4.76. The molecule has 0 spiro atoms. The number of rotatable bonds is 6. The van der Waals surface area contributed by atoms with Crippen LogP contribution in [0.4, 0.5) is 21.5 Å². The zero-order valence-corrected chi connectivity index (χ0v) is 19.5. The van der Waals surface area contributed by atoms with Gasteiger partial charge in [0.15, 0.2) is 0 Å². The van der Waals surface area contributed by atoms with Crippen molar-refractivity contribution >= 4 is 41.3 Å². The second-order valence-corrected chi connectivity index (χ2v) is 7.83. The first kappa shape index (κ1) is 25.0. The summed E-state index contributed by atoms with van der Waals surface area (Å²) in [4.78, 5) is 32.0. The number of carbonyl (C=O) groups is 2.